The van der Waals surface area contributed by atoms with Crippen LogP contribution >= 0.6 is 0 Å². The van der Waals surface area contributed by atoms with Crippen LogP contribution in [0.1, 0.15) is 88.8 Å². The third-order valence-electron chi connectivity index (χ3n) is 10.5. The fourth-order valence-electron chi connectivity index (χ4n) is 7.22. The number of hydrogen-bond acceptors (Lipinski definition) is 11. The zero-order chi connectivity index (χ0) is 44.8. The number of fused-ring (bicyclic) bond motifs is 1. The summed E-state index contributed by atoms with van der Waals surface area (Å²) in [6, 6.07) is 14.9. The van der Waals surface area contributed by atoms with Crippen molar-refractivity contribution in [3.05, 3.63) is 112 Å². The van der Waals surface area contributed by atoms with E-state index in [0.29, 0.717) is 35.1 Å². The summed E-state index contributed by atoms with van der Waals surface area (Å²) in [4.78, 5) is 83.0. The molecule has 0 spiro atoms. The minimum Gasteiger partial charge on any atom is -0.466 e. The maximum atomic E-state index is 13.1. The second-order valence-corrected chi connectivity index (χ2v) is 15.0. The quantitative estimate of drug-likeness (QED) is 0.0606. The molecule has 17 nitrogen and oxygen atoms in total. The maximum Gasteiger partial charge on any atom is 0.389 e. The summed E-state index contributed by atoms with van der Waals surface area (Å²) < 4.78 is 53.1. The average Bonchev–Trinajstić information content (AvgIpc) is 3.98. The number of esters is 1. The Morgan fingerprint density at radius 2 is 1.75 bits per heavy atom. The number of amides is 4. The number of carbonyl (C=O) groups excluding carboxylic acids is 5. The molecule has 0 radical (unpaired) electrons. The van der Waals surface area contributed by atoms with E-state index >= 15 is 0 Å². The lowest BCUT2D eigenvalue weighted by Crippen LogP contribution is -2.44. The van der Waals surface area contributed by atoms with Gasteiger partial charge in [-0.15, -0.1) is 0 Å². The molecular formula is C43H42F3N9O8. The van der Waals surface area contributed by atoms with Gasteiger partial charge >= 0.3 is 17.8 Å². The summed E-state index contributed by atoms with van der Waals surface area (Å²) in [5.41, 5.74) is 9.02. The number of aryl methyl sites for hydroxylation is 4. The molecule has 4 amide bonds. The Hall–Kier alpha value is -7.38. The average molecular weight is 870 g/mol. The predicted octanol–water partition coefficient (Wildman–Crippen LogP) is 5.29. The lowest BCUT2D eigenvalue weighted by molar-refractivity contribution is -0.144. The number of aromatic nitrogens is 6. The van der Waals surface area contributed by atoms with Crippen molar-refractivity contribution < 1.29 is 46.3 Å². The molecule has 1 atom stereocenters. The van der Waals surface area contributed by atoms with E-state index in [9.17, 15) is 41.9 Å². The van der Waals surface area contributed by atoms with Crippen LogP contribution in [0, 0.1) is 0 Å². The minimum absolute atomic E-state index is 0.0108. The van der Waals surface area contributed by atoms with Gasteiger partial charge in [-0.05, 0) is 92.5 Å². The number of unbranched alkanes of at least 4 members (excludes halogenated alkanes) is 2. The van der Waals surface area contributed by atoms with Crippen molar-refractivity contribution in [3.8, 4) is 17.1 Å². The number of nitrogens with one attached hydrogen (secondary N) is 2. The highest BCUT2D eigenvalue weighted by atomic mass is 19.4. The molecule has 4 aromatic heterocycles. The molecule has 0 aliphatic carbocycles. The molecule has 1 saturated heterocycles. The summed E-state index contributed by atoms with van der Waals surface area (Å²) >= 11 is 0. The molecule has 20 heteroatoms. The molecule has 328 valence electrons. The van der Waals surface area contributed by atoms with Gasteiger partial charge in [-0.1, -0.05) is 18.2 Å². The van der Waals surface area contributed by atoms with E-state index in [1.807, 2.05) is 24.3 Å². The Morgan fingerprint density at radius 3 is 2.49 bits per heavy atom. The number of carbonyl (C=O) groups is 5. The fourth-order valence-corrected chi connectivity index (χ4v) is 7.22. The van der Waals surface area contributed by atoms with E-state index in [4.69, 9.17) is 14.9 Å². The number of halogens is 3. The topological polar surface area (TPSA) is 228 Å². The fraction of sp³-hybridized carbons (Fsp3) is 0.326. The van der Waals surface area contributed by atoms with Gasteiger partial charge in [-0.25, -0.2) is 14.5 Å². The van der Waals surface area contributed by atoms with Gasteiger partial charge in [0.15, 0.2) is 11.4 Å². The number of rotatable bonds is 17. The van der Waals surface area contributed by atoms with Crippen LogP contribution in [0.25, 0.3) is 28.2 Å². The highest BCUT2D eigenvalue weighted by Gasteiger charge is 2.31. The van der Waals surface area contributed by atoms with Gasteiger partial charge in [-0.3, -0.25) is 43.4 Å². The SMILES string of the molecule is Cn1c(=O)n(C2CCC(=O)NC2=O)c2ccc(CCC(=O)OCCCCCc3ccc(-n4cc(NC(=O)c5coc(-c6ccnc(CCC(F)(F)F)c6)n5)c(C(N)=O)n4)cc3)cc21. The van der Waals surface area contributed by atoms with Crippen LogP contribution in [0.2, 0.25) is 0 Å². The Balaban J connectivity index is 0.850. The number of nitrogens with two attached hydrogens (primary N) is 1. The number of benzene rings is 2. The predicted molar refractivity (Wildman–Crippen MR) is 220 cm³/mol. The zero-order valence-electron chi connectivity index (χ0n) is 33.9. The lowest BCUT2D eigenvalue weighted by Gasteiger charge is -2.21. The van der Waals surface area contributed by atoms with Crippen LogP contribution in [-0.4, -0.2) is 71.3 Å². The number of primary amides is 1. The first kappa shape index (κ1) is 43.7. The molecule has 2 aromatic carbocycles. The van der Waals surface area contributed by atoms with E-state index in [0.717, 1.165) is 36.7 Å². The molecule has 0 bridgehead atoms. The molecule has 6 aromatic rings. The highest BCUT2D eigenvalue weighted by Crippen LogP contribution is 2.27. The molecule has 1 aliphatic heterocycles. The van der Waals surface area contributed by atoms with Crippen molar-refractivity contribution in [1.82, 2.24) is 34.2 Å². The number of imidazole rings is 1. The van der Waals surface area contributed by atoms with E-state index in [-0.39, 0.29) is 78.5 Å². The van der Waals surface area contributed by atoms with Gasteiger partial charge in [0, 0.05) is 43.8 Å². The van der Waals surface area contributed by atoms with E-state index < -0.39 is 36.4 Å². The van der Waals surface area contributed by atoms with Gasteiger partial charge in [0.1, 0.15) is 12.3 Å². The van der Waals surface area contributed by atoms with Crippen LogP contribution in [0.5, 0.6) is 0 Å². The number of alkyl halides is 3. The van der Waals surface area contributed by atoms with Gasteiger partial charge in [0.25, 0.3) is 11.8 Å². The number of anilines is 1. The number of oxazole rings is 1. The molecule has 5 heterocycles. The first-order valence-corrected chi connectivity index (χ1v) is 20.1. The van der Waals surface area contributed by atoms with Gasteiger partial charge in [0.05, 0.1) is 35.2 Å². The second-order valence-electron chi connectivity index (χ2n) is 15.0. The van der Waals surface area contributed by atoms with Crippen LogP contribution in [0.4, 0.5) is 18.9 Å². The summed E-state index contributed by atoms with van der Waals surface area (Å²) in [6.07, 6.45) is 2.14. The zero-order valence-corrected chi connectivity index (χ0v) is 33.9. The smallest absolute Gasteiger partial charge is 0.389 e. The number of ether oxygens (including phenoxy) is 1. The third kappa shape index (κ3) is 10.6. The van der Waals surface area contributed by atoms with Crippen LogP contribution in [0.3, 0.4) is 0 Å². The monoisotopic (exact) mass is 869 g/mol. The van der Waals surface area contributed by atoms with E-state index in [2.05, 4.69) is 25.7 Å². The van der Waals surface area contributed by atoms with Gasteiger partial charge < -0.3 is 20.2 Å². The number of pyridine rings is 1. The summed E-state index contributed by atoms with van der Waals surface area (Å²) in [7, 11) is 1.62. The molecule has 1 aliphatic rings. The first-order chi connectivity index (χ1) is 30.1. The first-order valence-electron chi connectivity index (χ1n) is 20.1. The van der Waals surface area contributed by atoms with Crippen molar-refractivity contribution in [3.63, 3.8) is 0 Å². The van der Waals surface area contributed by atoms with Crippen LogP contribution < -0.4 is 22.1 Å². The molecule has 7 rings (SSSR count). The van der Waals surface area contributed by atoms with Crippen LogP contribution in [-0.2, 0) is 45.4 Å². The van der Waals surface area contributed by atoms with Crippen molar-refractivity contribution in [2.45, 2.75) is 76.4 Å². The molecule has 1 fully saturated rings. The van der Waals surface area contributed by atoms with Crippen molar-refractivity contribution in [2.75, 3.05) is 11.9 Å². The Labute approximate surface area is 356 Å². The van der Waals surface area contributed by atoms with Crippen molar-refractivity contribution in [1.29, 1.82) is 0 Å². The second kappa shape index (κ2) is 18.7. The molecule has 1 unspecified atom stereocenters. The Bertz CT molecular complexity index is 2750. The van der Waals surface area contributed by atoms with E-state index in [1.165, 1.54) is 38.3 Å². The standard InChI is InChI=1S/C43H42F3N9O8/c1-53-34-21-26(8-12-32(34)55(42(53)61)33-13-14-35(56)51-40(33)60)9-15-36(57)62-20-4-2-3-5-25-6-10-29(11-7-25)54-23-30(37(52-54)38(47)58)49-39(59)31-24-63-41(50-31)27-17-19-48-28(22-27)16-18-43(44,45)46/h6-8,10-12,17,19,21-24,33H,2-5,9,13-16,18,20H2,1H3,(H2,47,58)(H,49,59)(H,51,56,60). The lowest BCUT2D eigenvalue weighted by atomic mass is 10.1. The largest absolute Gasteiger partial charge is 0.466 e. The van der Waals surface area contributed by atoms with Crippen LogP contribution in [0.15, 0.2) is 82.5 Å². The number of piperidine rings is 1. The molecule has 4 N–H and O–H groups in total. The minimum atomic E-state index is -4.34. The molecular weight excluding hydrogens is 828 g/mol. The van der Waals surface area contributed by atoms with E-state index in [1.54, 1.807) is 25.2 Å². The molecule has 0 saturated carbocycles. The normalized spacial score (nSPS) is 14.2. The third-order valence-corrected chi connectivity index (χ3v) is 10.5. The van der Waals surface area contributed by atoms with Gasteiger partial charge in [-0.2, -0.15) is 18.3 Å². The van der Waals surface area contributed by atoms with Gasteiger partial charge in [0.2, 0.25) is 17.7 Å². The number of hydrogen-bond donors (Lipinski definition) is 3. The highest BCUT2D eigenvalue weighted by molar-refractivity contribution is 6.07. The van der Waals surface area contributed by atoms with Crippen molar-refractivity contribution >= 4 is 46.3 Å². The summed E-state index contributed by atoms with van der Waals surface area (Å²) in [5, 5.41) is 9.12. The molecule has 63 heavy (non-hydrogen) atoms. The summed E-state index contributed by atoms with van der Waals surface area (Å²) in [5.74, 6) is -2.84. The Morgan fingerprint density at radius 1 is 0.968 bits per heavy atom. The Kier molecular flexibility index (Phi) is 13.0. The number of imide groups is 1. The van der Waals surface area contributed by atoms with Crippen molar-refractivity contribution in [2.24, 2.45) is 12.8 Å². The maximum absolute atomic E-state index is 13.1. The summed E-state index contributed by atoms with van der Waals surface area (Å²) in [6.45, 7) is 0.276. The number of nitrogens with zero attached hydrogens (tertiary/aromatic N) is 6.